The zero-order valence-corrected chi connectivity index (χ0v) is 7.42. The normalized spacial score (nSPS) is 34.5. The van der Waals surface area contributed by atoms with Crippen molar-refractivity contribution in [1.82, 2.24) is 0 Å². The summed E-state index contributed by atoms with van der Waals surface area (Å²) in [6.45, 7) is 7.93. The summed E-state index contributed by atoms with van der Waals surface area (Å²) in [7, 11) is 0. The second kappa shape index (κ2) is 2.53. The van der Waals surface area contributed by atoms with Crippen molar-refractivity contribution in [3.63, 3.8) is 0 Å². The van der Waals surface area contributed by atoms with Crippen LogP contribution in [0.15, 0.2) is 10.2 Å². The number of ether oxygens (including phenoxy) is 2. The molecular formula is C7H14N2O2. The van der Waals surface area contributed by atoms with E-state index in [1.165, 1.54) is 0 Å². The molecule has 1 aliphatic rings. The molecule has 0 aliphatic carbocycles. The first-order valence-corrected chi connectivity index (χ1v) is 3.76. The van der Waals surface area contributed by atoms with Crippen molar-refractivity contribution in [3.05, 3.63) is 0 Å². The SMILES string of the molecule is CCOC1(C)N=NC(C)(C)O1. The molecule has 1 rings (SSSR count). The van der Waals surface area contributed by atoms with Crippen LogP contribution in [-0.2, 0) is 9.47 Å². The Morgan fingerprint density at radius 2 is 1.91 bits per heavy atom. The molecule has 1 heterocycles. The molecule has 0 fully saturated rings. The fraction of sp³-hybridized carbons (Fsp3) is 1.00. The predicted octanol–water partition coefficient (Wildman–Crippen LogP) is 1.92. The van der Waals surface area contributed by atoms with Crippen LogP contribution in [0.25, 0.3) is 0 Å². The highest BCUT2D eigenvalue weighted by Crippen LogP contribution is 2.31. The van der Waals surface area contributed by atoms with Crippen molar-refractivity contribution in [1.29, 1.82) is 0 Å². The van der Waals surface area contributed by atoms with Gasteiger partial charge in [-0.05, 0) is 20.8 Å². The number of azo groups is 1. The van der Waals surface area contributed by atoms with Gasteiger partial charge in [-0.2, -0.15) is 5.11 Å². The summed E-state index contributed by atoms with van der Waals surface area (Å²) < 4.78 is 10.7. The van der Waals surface area contributed by atoms with Gasteiger partial charge in [0.1, 0.15) is 0 Å². The van der Waals surface area contributed by atoms with Gasteiger partial charge >= 0.3 is 0 Å². The van der Waals surface area contributed by atoms with Crippen LogP contribution in [0, 0.1) is 0 Å². The summed E-state index contributed by atoms with van der Waals surface area (Å²) in [5, 5.41) is 7.81. The van der Waals surface area contributed by atoms with Crippen molar-refractivity contribution in [3.8, 4) is 0 Å². The van der Waals surface area contributed by atoms with Gasteiger partial charge in [-0.1, -0.05) is 0 Å². The van der Waals surface area contributed by atoms with Gasteiger partial charge < -0.3 is 9.47 Å². The monoisotopic (exact) mass is 158 g/mol. The second-order valence-electron chi connectivity index (χ2n) is 3.08. The number of hydrogen-bond acceptors (Lipinski definition) is 4. The largest absolute Gasteiger partial charge is 0.331 e. The van der Waals surface area contributed by atoms with Crippen LogP contribution >= 0.6 is 0 Å². The average molecular weight is 158 g/mol. The van der Waals surface area contributed by atoms with Crippen LogP contribution in [0.3, 0.4) is 0 Å². The lowest BCUT2D eigenvalue weighted by molar-refractivity contribution is -0.238. The van der Waals surface area contributed by atoms with E-state index in [-0.39, 0.29) is 0 Å². The Kier molecular flexibility index (Phi) is 1.98. The molecule has 11 heavy (non-hydrogen) atoms. The highest BCUT2D eigenvalue weighted by Gasteiger charge is 2.39. The molecule has 0 radical (unpaired) electrons. The van der Waals surface area contributed by atoms with Gasteiger partial charge in [-0.25, -0.2) is 0 Å². The molecule has 0 saturated heterocycles. The second-order valence-corrected chi connectivity index (χ2v) is 3.08. The molecule has 1 atom stereocenters. The minimum absolute atomic E-state index is 0.538. The third-order valence-electron chi connectivity index (χ3n) is 1.32. The van der Waals surface area contributed by atoms with E-state index in [9.17, 15) is 0 Å². The molecule has 0 N–H and O–H groups in total. The highest BCUT2D eigenvalue weighted by molar-refractivity contribution is 4.75. The summed E-state index contributed by atoms with van der Waals surface area (Å²) in [6, 6.07) is 0. The van der Waals surface area contributed by atoms with Gasteiger partial charge in [-0.15, -0.1) is 5.11 Å². The lowest BCUT2D eigenvalue weighted by atomic mass is 10.3. The molecule has 0 saturated carbocycles. The third-order valence-corrected chi connectivity index (χ3v) is 1.32. The standard InChI is InChI=1S/C7H14N2O2/c1-5-10-7(4)9-8-6(2,3)11-7/h5H2,1-4H3. The number of hydrogen-bond donors (Lipinski definition) is 0. The van der Waals surface area contributed by atoms with E-state index in [0.717, 1.165) is 0 Å². The average Bonchev–Trinajstić information content (AvgIpc) is 2.07. The maximum absolute atomic E-state index is 5.42. The lowest BCUT2D eigenvalue weighted by Crippen LogP contribution is -2.32. The van der Waals surface area contributed by atoms with Crippen molar-refractivity contribution in [2.24, 2.45) is 10.2 Å². The Labute approximate surface area is 66.6 Å². The van der Waals surface area contributed by atoms with Crippen molar-refractivity contribution < 1.29 is 9.47 Å². The molecule has 64 valence electrons. The first-order valence-electron chi connectivity index (χ1n) is 3.76. The Hall–Kier alpha value is -0.480. The minimum atomic E-state index is -0.863. The topological polar surface area (TPSA) is 43.2 Å². The van der Waals surface area contributed by atoms with E-state index >= 15 is 0 Å². The van der Waals surface area contributed by atoms with Crippen LogP contribution in [0.1, 0.15) is 27.7 Å². The van der Waals surface area contributed by atoms with Crippen molar-refractivity contribution >= 4 is 0 Å². The minimum Gasteiger partial charge on any atom is -0.331 e. The predicted molar refractivity (Wildman–Crippen MR) is 40.1 cm³/mol. The van der Waals surface area contributed by atoms with E-state index < -0.39 is 11.6 Å². The van der Waals surface area contributed by atoms with Gasteiger partial charge in [0.05, 0.1) is 0 Å². The molecule has 1 unspecified atom stereocenters. The maximum Gasteiger partial charge on any atom is 0.287 e. The van der Waals surface area contributed by atoms with Gasteiger partial charge in [0.25, 0.3) is 5.91 Å². The Bertz CT molecular complexity index is 179. The number of nitrogens with zero attached hydrogens (tertiary/aromatic N) is 2. The molecule has 0 aromatic rings. The third kappa shape index (κ3) is 1.97. The summed E-state index contributed by atoms with van der Waals surface area (Å²) in [5.41, 5.74) is -0.538. The van der Waals surface area contributed by atoms with Crippen molar-refractivity contribution in [2.45, 2.75) is 39.3 Å². The van der Waals surface area contributed by atoms with Gasteiger partial charge in [0, 0.05) is 13.5 Å². The molecule has 0 aromatic heterocycles. The van der Waals surface area contributed by atoms with Crippen LogP contribution in [0.5, 0.6) is 0 Å². The first kappa shape index (κ1) is 8.62. The lowest BCUT2D eigenvalue weighted by Gasteiger charge is -2.22. The fourth-order valence-electron chi connectivity index (χ4n) is 1.04. The Balaban J connectivity index is 2.60. The summed E-state index contributed by atoms with van der Waals surface area (Å²) >= 11 is 0. The van der Waals surface area contributed by atoms with Crippen LogP contribution in [-0.4, -0.2) is 18.2 Å². The Morgan fingerprint density at radius 1 is 1.27 bits per heavy atom. The zero-order valence-electron chi connectivity index (χ0n) is 7.42. The van der Waals surface area contributed by atoms with Gasteiger partial charge in [0.2, 0.25) is 0 Å². The molecule has 0 spiro atoms. The summed E-state index contributed by atoms with van der Waals surface area (Å²) in [6.07, 6.45) is 0. The summed E-state index contributed by atoms with van der Waals surface area (Å²) in [5.74, 6) is -0.863. The maximum atomic E-state index is 5.42. The van der Waals surface area contributed by atoms with Crippen LogP contribution in [0.2, 0.25) is 0 Å². The smallest absolute Gasteiger partial charge is 0.287 e. The van der Waals surface area contributed by atoms with Gasteiger partial charge in [-0.3, -0.25) is 0 Å². The summed E-state index contributed by atoms with van der Waals surface area (Å²) in [4.78, 5) is 0. The molecule has 4 nitrogen and oxygen atoms in total. The van der Waals surface area contributed by atoms with E-state index in [4.69, 9.17) is 9.47 Å². The number of rotatable bonds is 2. The molecule has 0 bridgehead atoms. The highest BCUT2D eigenvalue weighted by atomic mass is 16.7. The van der Waals surface area contributed by atoms with E-state index in [2.05, 4.69) is 10.2 Å². The molecule has 0 amide bonds. The molecule has 4 heteroatoms. The quantitative estimate of drug-likeness (QED) is 0.616. The molecular weight excluding hydrogens is 144 g/mol. The van der Waals surface area contributed by atoms with Gasteiger partial charge in [0.15, 0.2) is 5.72 Å². The zero-order chi connectivity index (χ0) is 8.54. The van der Waals surface area contributed by atoms with Crippen LogP contribution in [0.4, 0.5) is 0 Å². The molecule has 1 aliphatic heterocycles. The molecule has 0 aromatic carbocycles. The van der Waals surface area contributed by atoms with Crippen LogP contribution < -0.4 is 0 Å². The van der Waals surface area contributed by atoms with E-state index in [0.29, 0.717) is 6.61 Å². The Morgan fingerprint density at radius 3 is 2.27 bits per heavy atom. The fourth-order valence-corrected chi connectivity index (χ4v) is 1.04. The first-order chi connectivity index (χ1) is 4.97. The van der Waals surface area contributed by atoms with E-state index in [1.54, 1.807) is 6.92 Å². The van der Waals surface area contributed by atoms with Crippen molar-refractivity contribution in [2.75, 3.05) is 6.61 Å². The van der Waals surface area contributed by atoms with E-state index in [1.807, 2.05) is 20.8 Å².